The molecule has 1 amide bonds. The maximum Gasteiger partial charge on any atom is 0.277 e. The van der Waals surface area contributed by atoms with E-state index in [9.17, 15) is 4.79 Å². The molecular weight excluding hydrogens is 342 g/mol. The zero-order chi connectivity index (χ0) is 18.6. The summed E-state index contributed by atoms with van der Waals surface area (Å²) in [5.74, 6) is 1.48. The number of nitrogens with zero attached hydrogens (tertiary/aromatic N) is 2. The minimum atomic E-state index is -0.356. The quantitative estimate of drug-likeness (QED) is 0.787. The Labute approximate surface area is 151 Å². The Balaban J connectivity index is 2.14. The van der Waals surface area contributed by atoms with Crippen LogP contribution in [0.25, 0.3) is 11.5 Å². The predicted octanol–water partition coefficient (Wildman–Crippen LogP) is 3.15. The Hall–Kier alpha value is -2.22. The lowest BCUT2D eigenvalue weighted by atomic mass is 10.1. The van der Waals surface area contributed by atoms with Gasteiger partial charge in [-0.05, 0) is 39.8 Å². The third-order valence-electron chi connectivity index (χ3n) is 3.19. The van der Waals surface area contributed by atoms with Crippen molar-refractivity contribution in [3.63, 3.8) is 0 Å². The Morgan fingerprint density at radius 1 is 1.24 bits per heavy atom. The van der Waals surface area contributed by atoms with Crippen LogP contribution in [0.2, 0.25) is 0 Å². The molecule has 1 atom stereocenters. The number of methoxy groups -OCH3 is 2. The van der Waals surface area contributed by atoms with Gasteiger partial charge < -0.3 is 19.2 Å². The fraction of sp³-hybridized carbons (Fsp3) is 0.471. The van der Waals surface area contributed by atoms with Crippen molar-refractivity contribution in [1.29, 1.82) is 0 Å². The zero-order valence-electron chi connectivity index (χ0n) is 15.2. The van der Waals surface area contributed by atoms with Gasteiger partial charge in [0.1, 0.15) is 11.5 Å². The average Bonchev–Trinajstić information content (AvgIpc) is 3.00. The van der Waals surface area contributed by atoms with E-state index in [1.54, 1.807) is 39.3 Å². The van der Waals surface area contributed by atoms with Gasteiger partial charge in [-0.25, -0.2) is 0 Å². The minimum Gasteiger partial charge on any atom is -0.497 e. The van der Waals surface area contributed by atoms with Crippen LogP contribution < -0.4 is 14.8 Å². The van der Waals surface area contributed by atoms with Crippen LogP contribution in [0, 0.1) is 0 Å². The largest absolute Gasteiger partial charge is 0.497 e. The third kappa shape index (κ3) is 5.12. The fourth-order valence-corrected chi connectivity index (χ4v) is 2.70. The smallest absolute Gasteiger partial charge is 0.277 e. The van der Waals surface area contributed by atoms with Crippen molar-refractivity contribution < 1.29 is 18.7 Å². The summed E-state index contributed by atoms with van der Waals surface area (Å²) in [6.07, 6.45) is 0. The van der Waals surface area contributed by atoms with Gasteiger partial charge in [-0.2, -0.15) is 0 Å². The number of hydrogen-bond acceptors (Lipinski definition) is 7. The van der Waals surface area contributed by atoms with Crippen molar-refractivity contribution in [1.82, 2.24) is 15.5 Å². The van der Waals surface area contributed by atoms with Gasteiger partial charge in [0, 0.05) is 11.6 Å². The van der Waals surface area contributed by atoms with E-state index in [4.69, 9.17) is 13.9 Å². The van der Waals surface area contributed by atoms with Crippen LogP contribution in [0.5, 0.6) is 11.5 Å². The molecule has 0 aliphatic rings. The molecule has 0 radical (unpaired) electrons. The van der Waals surface area contributed by atoms with Crippen LogP contribution in [-0.2, 0) is 4.79 Å². The van der Waals surface area contributed by atoms with Gasteiger partial charge >= 0.3 is 0 Å². The lowest BCUT2D eigenvalue weighted by Gasteiger charge is -2.22. The first-order valence-electron chi connectivity index (χ1n) is 7.78. The summed E-state index contributed by atoms with van der Waals surface area (Å²) < 4.78 is 16.2. The molecule has 1 N–H and O–H groups in total. The number of nitrogens with one attached hydrogen (secondary N) is 1. The van der Waals surface area contributed by atoms with Crippen LogP contribution in [0.4, 0.5) is 0 Å². The Morgan fingerprint density at radius 2 is 1.96 bits per heavy atom. The van der Waals surface area contributed by atoms with Crippen LogP contribution in [0.3, 0.4) is 0 Å². The highest BCUT2D eigenvalue weighted by molar-refractivity contribution is 8.00. The van der Waals surface area contributed by atoms with Crippen molar-refractivity contribution in [3.8, 4) is 23.0 Å². The van der Waals surface area contributed by atoms with E-state index < -0.39 is 0 Å². The summed E-state index contributed by atoms with van der Waals surface area (Å²) in [4.78, 5) is 12.2. The van der Waals surface area contributed by atoms with E-state index in [1.165, 1.54) is 11.8 Å². The number of rotatable bonds is 6. The van der Waals surface area contributed by atoms with E-state index in [1.807, 2.05) is 20.8 Å². The van der Waals surface area contributed by atoms with Gasteiger partial charge in [0.25, 0.3) is 11.1 Å². The third-order valence-corrected chi connectivity index (χ3v) is 4.12. The second-order valence-corrected chi connectivity index (χ2v) is 7.73. The number of hydrogen-bond donors (Lipinski definition) is 1. The molecule has 1 aromatic heterocycles. The summed E-state index contributed by atoms with van der Waals surface area (Å²) >= 11 is 1.21. The number of carbonyl (C=O) groups is 1. The van der Waals surface area contributed by atoms with Crippen LogP contribution in [0.15, 0.2) is 27.8 Å². The molecule has 0 unspecified atom stereocenters. The summed E-state index contributed by atoms with van der Waals surface area (Å²) in [6, 6.07) is 5.31. The molecule has 0 aliphatic heterocycles. The number of carbonyl (C=O) groups excluding carboxylic acids is 1. The number of thioether (sulfide) groups is 1. The van der Waals surface area contributed by atoms with E-state index in [2.05, 4.69) is 15.5 Å². The molecule has 0 saturated carbocycles. The van der Waals surface area contributed by atoms with Crippen LogP contribution >= 0.6 is 11.8 Å². The van der Waals surface area contributed by atoms with Gasteiger partial charge in [-0.15, -0.1) is 10.2 Å². The lowest BCUT2D eigenvalue weighted by molar-refractivity contribution is -0.121. The number of amides is 1. The van der Waals surface area contributed by atoms with Gasteiger partial charge in [0.15, 0.2) is 0 Å². The van der Waals surface area contributed by atoms with E-state index in [0.29, 0.717) is 28.2 Å². The summed E-state index contributed by atoms with van der Waals surface area (Å²) in [6.45, 7) is 7.60. The molecule has 0 spiro atoms. The zero-order valence-corrected chi connectivity index (χ0v) is 16.1. The van der Waals surface area contributed by atoms with Crippen molar-refractivity contribution in [2.45, 2.75) is 43.7 Å². The molecule has 25 heavy (non-hydrogen) atoms. The molecule has 0 fully saturated rings. The molecule has 8 heteroatoms. The molecule has 2 rings (SSSR count). The highest BCUT2D eigenvalue weighted by Crippen LogP contribution is 2.34. The summed E-state index contributed by atoms with van der Waals surface area (Å²) in [7, 11) is 3.14. The highest BCUT2D eigenvalue weighted by atomic mass is 32.2. The number of ether oxygens (including phenoxy) is 2. The average molecular weight is 365 g/mol. The SMILES string of the molecule is COc1ccc(-c2nnc(S[C@@H](C)C(=O)NC(C)(C)C)o2)c(OC)c1. The van der Waals surface area contributed by atoms with E-state index >= 15 is 0 Å². The molecule has 0 aliphatic carbocycles. The van der Waals surface area contributed by atoms with Crippen molar-refractivity contribution in [2.24, 2.45) is 0 Å². The van der Waals surface area contributed by atoms with Crippen LogP contribution in [-0.4, -0.2) is 41.1 Å². The highest BCUT2D eigenvalue weighted by Gasteiger charge is 2.23. The van der Waals surface area contributed by atoms with Crippen molar-refractivity contribution >= 4 is 17.7 Å². The maximum absolute atomic E-state index is 12.2. The first-order valence-corrected chi connectivity index (χ1v) is 8.66. The van der Waals surface area contributed by atoms with Gasteiger partial charge in [0.05, 0.1) is 25.0 Å². The van der Waals surface area contributed by atoms with Gasteiger partial charge in [0.2, 0.25) is 5.91 Å². The summed E-state index contributed by atoms with van der Waals surface area (Å²) in [5.41, 5.74) is 0.372. The van der Waals surface area contributed by atoms with Gasteiger partial charge in [-0.1, -0.05) is 11.8 Å². The number of aromatic nitrogens is 2. The van der Waals surface area contributed by atoms with E-state index in [0.717, 1.165) is 0 Å². The molecule has 0 bridgehead atoms. The first kappa shape index (κ1) is 19.1. The Bertz CT molecular complexity index is 740. The maximum atomic E-state index is 12.2. The number of benzene rings is 1. The fourth-order valence-electron chi connectivity index (χ4n) is 2.02. The Kier molecular flexibility index (Phi) is 5.94. The second-order valence-electron chi connectivity index (χ2n) is 6.44. The Morgan fingerprint density at radius 3 is 2.56 bits per heavy atom. The standard InChI is InChI=1S/C17H23N3O4S/c1-10(14(21)18-17(2,3)4)25-16-20-19-15(24-16)12-8-7-11(22-5)9-13(12)23-6/h7-10H,1-6H3,(H,18,21)/t10-/m0/s1. The molecule has 1 aromatic carbocycles. The molecule has 7 nitrogen and oxygen atoms in total. The van der Waals surface area contributed by atoms with Crippen molar-refractivity contribution in [3.05, 3.63) is 18.2 Å². The monoisotopic (exact) mass is 365 g/mol. The topological polar surface area (TPSA) is 86.5 Å². The van der Waals surface area contributed by atoms with Gasteiger partial charge in [-0.3, -0.25) is 4.79 Å². The van der Waals surface area contributed by atoms with Crippen molar-refractivity contribution in [2.75, 3.05) is 14.2 Å². The lowest BCUT2D eigenvalue weighted by Crippen LogP contribution is -2.44. The normalized spacial score (nSPS) is 12.6. The molecule has 2 aromatic rings. The molecular formula is C17H23N3O4S. The van der Waals surface area contributed by atoms with E-state index in [-0.39, 0.29) is 16.7 Å². The van der Waals surface area contributed by atoms with Crippen LogP contribution in [0.1, 0.15) is 27.7 Å². The first-order chi connectivity index (χ1) is 11.7. The predicted molar refractivity (Wildman–Crippen MR) is 96.1 cm³/mol. The summed E-state index contributed by atoms with van der Waals surface area (Å²) in [5, 5.41) is 10.9. The second kappa shape index (κ2) is 7.77. The molecule has 0 saturated heterocycles. The minimum absolute atomic E-state index is 0.0840. The molecule has 136 valence electrons. The molecule has 1 heterocycles.